The van der Waals surface area contributed by atoms with Crippen molar-refractivity contribution in [1.29, 1.82) is 0 Å². The number of benzene rings is 4. The lowest BCUT2D eigenvalue weighted by Crippen LogP contribution is -2.11. The second-order valence-corrected chi connectivity index (χ2v) is 7.98. The summed E-state index contributed by atoms with van der Waals surface area (Å²) in [6.07, 6.45) is 0. The standard InChI is InChI=1S/C26H20BCl2O4/c28-21-11-7-19(8-12-21)17-30-23-3-1-5-25(15-23)32-27-33-26-6-2-4-24(16-26)31-18-20-9-13-22(29)14-10-20/h1-16H,17-18H2. The lowest BCUT2D eigenvalue weighted by atomic mass is 10.2. The van der Waals surface area contributed by atoms with Crippen LogP contribution >= 0.6 is 23.2 Å². The van der Waals surface area contributed by atoms with Gasteiger partial charge in [-0.25, -0.2) is 0 Å². The van der Waals surface area contributed by atoms with Crippen LogP contribution in [0.5, 0.6) is 23.0 Å². The van der Waals surface area contributed by atoms with Gasteiger partial charge >= 0.3 is 7.69 Å². The quantitative estimate of drug-likeness (QED) is 0.227. The van der Waals surface area contributed by atoms with Crippen molar-refractivity contribution in [1.82, 2.24) is 0 Å². The third-order valence-electron chi connectivity index (χ3n) is 4.62. The number of ether oxygens (including phenoxy) is 2. The SMILES string of the molecule is Clc1ccc(COc2cccc(O[B]Oc3cccc(OCc4ccc(Cl)cc4)c3)c2)cc1. The highest BCUT2D eigenvalue weighted by Crippen LogP contribution is 2.23. The van der Waals surface area contributed by atoms with Crippen LogP contribution in [0, 0.1) is 0 Å². The van der Waals surface area contributed by atoms with E-state index in [0.29, 0.717) is 46.3 Å². The van der Waals surface area contributed by atoms with Crippen LogP contribution < -0.4 is 18.8 Å². The Bertz CT molecular complexity index is 1070. The monoisotopic (exact) mass is 477 g/mol. The summed E-state index contributed by atoms with van der Waals surface area (Å²) >= 11 is 11.8. The van der Waals surface area contributed by atoms with Crippen molar-refractivity contribution < 1.29 is 18.8 Å². The van der Waals surface area contributed by atoms with Crippen LogP contribution in [0.25, 0.3) is 0 Å². The van der Waals surface area contributed by atoms with E-state index in [1.54, 1.807) is 12.1 Å². The molecular formula is C26H20BCl2O4. The van der Waals surface area contributed by atoms with E-state index in [2.05, 4.69) is 0 Å². The minimum Gasteiger partial charge on any atom is -0.526 e. The van der Waals surface area contributed by atoms with Gasteiger partial charge in [0.1, 0.15) is 36.2 Å². The summed E-state index contributed by atoms with van der Waals surface area (Å²) < 4.78 is 22.8. The largest absolute Gasteiger partial charge is 0.658 e. The Hall–Kier alpha value is -3.28. The van der Waals surface area contributed by atoms with E-state index in [4.69, 9.17) is 42.0 Å². The zero-order chi connectivity index (χ0) is 22.9. The number of hydrogen-bond donors (Lipinski definition) is 0. The van der Waals surface area contributed by atoms with Crippen LogP contribution in [0.1, 0.15) is 11.1 Å². The topological polar surface area (TPSA) is 36.9 Å². The summed E-state index contributed by atoms with van der Waals surface area (Å²) in [7, 11) is 1.27. The second kappa shape index (κ2) is 11.5. The highest BCUT2D eigenvalue weighted by molar-refractivity contribution is 6.30. The number of halogens is 2. The highest BCUT2D eigenvalue weighted by atomic mass is 35.5. The Balaban J connectivity index is 1.25. The van der Waals surface area contributed by atoms with Crippen LogP contribution in [-0.4, -0.2) is 7.69 Å². The summed E-state index contributed by atoms with van der Waals surface area (Å²) in [5.41, 5.74) is 2.05. The third kappa shape index (κ3) is 7.38. The normalized spacial score (nSPS) is 10.4. The first kappa shape index (κ1) is 22.9. The Morgan fingerprint density at radius 2 is 0.909 bits per heavy atom. The Labute approximate surface area is 203 Å². The van der Waals surface area contributed by atoms with Gasteiger partial charge in [0.2, 0.25) is 0 Å². The molecule has 0 aromatic heterocycles. The molecular weight excluding hydrogens is 458 g/mol. The van der Waals surface area contributed by atoms with Crippen LogP contribution in [0.15, 0.2) is 97.1 Å². The van der Waals surface area contributed by atoms with Crippen molar-refractivity contribution in [3.8, 4) is 23.0 Å². The van der Waals surface area contributed by atoms with Crippen molar-refractivity contribution in [2.45, 2.75) is 13.2 Å². The van der Waals surface area contributed by atoms with Gasteiger partial charge in [0.15, 0.2) is 0 Å². The maximum atomic E-state index is 5.91. The van der Waals surface area contributed by atoms with E-state index >= 15 is 0 Å². The minimum absolute atomic E-state index is 0.434. The average Bonchev–Trinajstić information content (AvgIpc) is 2.84. The molecule has 0 unspecified atom stereocenters. The first-order valence-electron chi connectivity index (χ1n) is 10.2. The fourth-order valence-corrected chi connectivity index (χ4v) is 3.16. The molecule has 0 bridgehead atoms. The highest BCUT2D eigenvalue weighted by Gasteiger charge is 2.05. The van der Waals surface area contributed by atoms with Crippen LogP contribution in [0.4, 0.5) is 0 Å². The summed E-state index contributed by atoms with van der Waals surface area (Å²) in [4.78, 5) is 0. The average molecular weight is 478 g/mol. The van der Waals surface area contributed by atoms with E-state index in [1.807, 2.05) is 84.9 Å². The first-order valence-corrected chi connectivity index (χ1v) is 11.0. The van der Waals surface area contributed by atoms with Gasteiger partial charge in [0.25, 0.3) is 0 Å². The van der Waals surface area contributed by atoms with Crippen LogP contribution in [-0.2, 0) is 13.2 Å². The zero-order valence-electron chi connectivity index (χ0n) is 17.6. The molecule has 0 atom stereocenters. The van der Waals surface area contributed by atoms with E-state index in [9.17, 15) is 0 Å². The molecule has 0 fully saturated rings. The van der Waals surface area contributed by atoms with Gasteiger partial charge in [-0.05, 0) is 59.7 Å². The minimum atomic E-state index is 0.434. The molecule has 0 N–H and O–H groups in total. The van der Waals surface area contributed by atoms with E-state index in [-0.39, 0.29) is 0 Å². The van der Waals surface area contributed by atoms with Gasteiger partial charge < -0.3 is 18.8 Å². The predicted octanol–water partition coefficient (Wildman–Crippen LogP) is 7.14. The van der Waals surface area contributed by atoms with Gasteiger partial charge in [0, 0.05) is 22.2 Å². The second-order valence-electron chi connectivity index (χ2n) is 7.11. The maximum absolute atomic E-state index is 5.91. The molecule has 0 aliphatic heterocycles. The number of rotatable bonds is 10. The molecule has 0 aliphatic rings. The zero-order valence-corrected chi connectivity index (χ0v) is 19.1. The van der Waals surface area contributed by atoms with Crippen LogP contribution in [0.3, 0.4) is 0 Å². The molecule has 165 valence electrons. The predicted molar refractivity (Wildman–Crippen MR) is 131 cm³/mol. The molecule has 4 rings (SSSR count). The van der Waals surface area contributed by atoms with Crippen molar-refractivity contribution in [3.63, 3.8) is 0 Å². The Morgan fingerprint density at radius 3 is 1.33 bits per heavy atom. The molecule has 4 nitrogen and oxygen atoms in total. The molecule has 0 aliphatic carbocycles. The molecule has 33 heavy (non-hydrogen) atoms. The fraction of sp³-hybridized carbons (Fsp3) is 0.0769. The van der Waals surface area contributed by atoms with Gasteiger partial charge in [0.05, 0.1) is 0 Å². The third-order valence-corrected chi connectivity index (χ3v) is 5.12. The molecule has 4 aromatic carbocycles. The lowest BCUT2D eigenvalue weighted by molar-refractivity contribution is 0.304. The summed E-state index contributed by atoms with van der Waals surface area (Å²) in [6.45, 7) is 0.868. The van der Waals surface area contributed by atoms with Crippen LogP contribution in [0.2, 0.25) is 10.0 Å². The molecule has 0 spiro atoms. The Morgan fingerprint density at radius 1 is 0.515 bits per heavy atom. The summed E-state index contributed by atoms with van der Waals surface area (Å²) in [6, 6.07) is 29.7. The number of hydrogen-bond acceptors (Lipinski definition) is 4. The molecule has 4 aromatic rings. The van der Waals surface area contributed by atoms with E-state index < -0.39 is 0 Å². The summed E-state index contributed by atoms with van der Waals surface area (Å²) in [5.74, 6) is 2.57. The van der Waals surface area contributed by atoms with Crippen molar-refractivity contribution in [2.24, 2.45) is 0 Å². The van der Waals surface area contributed by atoms with Gasteiger partial charge in [-0.1, -0.05) is 59.6 Å². The van der Waals surface area contributed by atoms with Gasteiger partial charge in [-0.15, -0.1) is 0 Å². The van der Waals surface area contributed by atoms with E-state index in [1.165, 1.54) is 7.69 Å². The summed E-state index contributed by atoms with van der Waals surface area (Å²) in [5, 5.41) is 1.40. The molecule has 1 radical (unpaired) electrons. The lowest BCUT2D eigenvalue weighted by Gasteiger charge is -2.11. The van der Waals surface area contributed by atoms with Crippen molar-refractivity contribution >= 4 is 30.9 Å². The maximum Gasteiger partial charge on any atom is 0.658 e. The van der Waals surface area contributed by atoms with Crippen molar-refractivity contribution in [3.05, 3.63) is 118 Å². The van der Waals surface area contributed by atoms with Crippen molar-refractivity contribution in [2.75, 3.05) is 0 Å². The molecule has 0 heterocycles. The molecule has 7 heteroatoms. The fourth-order valence-electron chi connectivity index (χ4n) is 2.90. The van der Waals surface area contributed by atoms with E-state index in [0.717, 1.165) is 11.1 Å². The molecule has 0 saturated heterocycles. The Kier molecular flexibility index (Phi) is 8.02. The smallest absolute Gasteiger partial charge is 0.526 e. The molecule has 0 saturated carbocycles. The molecule has 0 amide bonds. The van der Waals surface area contributed by atoms with Gasteiger partial charge in [-0.3, -0.25) is 0 Å². The van der Waals surface area contributed by atoms with Gasteiger partial charge in [-0.2, -0.15) is 0 Å². The first-order chi connectivity index (χ1) is 16.1.